The SMILES string of the molecule is CCOC(=O)c1c(NC(C)=O)cccc1N(CC)OC(C)=O. The van der Waals surface area contributed by atoms with Crippen LogP contribution >= 0.6 is 0 Å². The Bertz CT molecular complexity index is 571. The molecule has 1 aromatic carbocycles. The van der Waals surface area contributed by atoms with Crippen molar-refractivity contribution < 1.29 is 24.0 Å². The number of esters is 1. The maximum Gasteiger partial charge on any atom is 0.342 e. The summed E-state index contributed by atoms with van der Waals surface area (Å²) in [6, 6.07) is 4.85. The van der Waals surface area contributed by atoms with E-state index in [0.717, 1.165) is 0 Å². The quantitative estimate of drug-likeness (QED) is 0.640. The van der Waals surface area contributed by atoms with Crippen molar-refractivity contribution in [2.45, 2.75) is 27.7 Å². The largest absolute Gasteiger partial charge is 0.462 e. The summed E-state index contributed by atoms with van der Waals surface area (Å²) in [5.74, 6) is -1.44. The third kappa shape index (κ3) is 4.47. The van der Waals surface area contributed by atoms with E-state index in [4.69, 9.17) is 9.57 Å². The molecule has 0 aliphatic carbocycles. The van der Waals surface area contributed by atoms with Gasteiger partial charge in [-0.3, -0.25) is 9.59 Å². The minimum atomic E-state index is -0.604. The second-order valence-electron chi connectivity index (χ2n) is 4.38. The standard InChI is InChI=1S/C15H20N2O5/c1-5-17(22-11(4)19)13-9-7-8-12(16-10(3)18)14(13)15(20)21-6-2/h7-9H,5-6H2,1-4H3,(H,16,18). The Morgan fingerprint density at radius 2 is 1.86 bits per heavy atom. The Morgan fingerprint density at radius 3 is 2.36 bits per heavy atom. The number of hydroxylamine groups is 1. The van der Waals surface area contributed by atoms with Crippen molar-refractivity contribution in [1.29, 1.82) is 0 Å². The van der Waals surface area contributed by atoms with Gasteiger partial charge in [0.05, 0.1) is 24.5 Å². The molecular weight excluding hydrogens is 288 g/mol. The second kappa shape index (κ2) is 8.02. The molecule has 0 atom stereocenters. The van der Waals surface area contributed by atoms with Gasteiger partial charge in [0.25, 0.3) is 0 Å². The van der Waals surface area contributed by atoms with Gasteiger partial charge in [0.2, 0.25) is 5.91 Å². The molecule has 0 saturated carbocycles. The lowest BCUT2D eigenvalue weighted by Gasteiger charge is -2.24. The number of benzene rings is 1. The van der Waals surface area contributed by atoms with Crippen molar-refractivity contribution in [3.63, 3.8) is 0 Å². The van der Waals surface area contributed by atoms with Gasteiger partial charge in [0.1, 0.15) is 5.56 Å². The van der Waals surface area contributed by atoms with E-state index in [2.05, 4.69) is 5.32 Å². The van der Waals surface area contributed by atoms with Gasteiger partial charge in [0, 0.05) is 13.8 Å². The Morgan fingerprint density at radius 1 is 1.18 bits per heavy atom. The first-order chi connectivity index (χ1) is 10.4. The van der Waals surface area contributed by atoms with E-state index in [-0.39, 0.29) is 18.1 Å². The molecular formula is C15H20N2O5. The third-order valence-electron chi connectivity index (χ3n) is 2.63. The van der Waals surface area contributed by atoms with Crippen LogP contribution in [0.2, 0.25) is 0 Å². The molecule has 0 saturated heterocycles. The monoisotopic (exact) mass is 308 g/mol. The highest BCUT2D eigenvalue weighted by Gasteiger charge is 2.23. The number of amides is 1. The number of carbonyl (C=O) groups excluding carboxylic acids is 3. The zero-order valence-electron chi connectivity index (χ0n) is 13.1. The molecule has 7 nitrogen and oxygen atoms in total. The van der Waals surface area contributed by atoms with E-state index in [0.29, 0.717) is 17.9 Å². The predicted octanol–water partition coefficient (Wildman–Crippen LogP) is 2.13. The summed E-state index contributed by atoms with van der Waals surface area (Å²) in [5.41, 5.74) is 0.791. The minimum absolute atomic E-state index is 0.141. The number of hydrogen-bond donors (Lipinski definition) is 1. The number of rotatable bonds is 6. The molecule has 22 heavy (non-hydrogen) atoms. The van der Waals surface area contributed by atoms with Crippen LogP contribution in [0.5, 0.6) is 0 Å². The zero-order chi connectivity index (χ0) is 16.7. The Balaban J connectivity index is 3.38. The van der Waals surface area contributed by atoms with Crippen LogP contribution in [0.1, 0.15) is 38.1 Å². The molecule has 0 fully saturated rings. The summed E-state index contributed by atoms with van der Waals surface area (Å²) in [6.07, 6.45) is 0. The van der Waals surface area contributed by atoms with Crippen LogP contribution in [0.15, 0.2) is 18.2 Å². The number of carbonyl (C=O) groups is 3. The van der Waals surface area contributed by atoms with Gasteiger partial charge < -0.3 is 14.9 Å². The molecule has 1 amide bonds. The zero-order valence-corrected chi connectivity index (χ0v) is 13.1. The second-order valence-corrected chi connectivity index (χ2v) is 4.38. The number of nitrogens with one attached hydrogen (secondary N) is 1. The summed E-state index contributed by atoms with van der Waals surface area (Å²) in [7, 11) is 0. The van der Waals surface area contributed by atoms with Crippen LogP contribution in [0.3, 0.4) is 0 Å². The Kier molecular flexibility index (Phi) is 6.37. The van der Waals surface area contributed by atoms with E-state index in [1.807, 2.05) is 0 Å². The summed E-state index contributed by atoms with van der Waals surface area (Å²) < 4.78 is 5.03. The fraction of sp³-hybridized carbons (Fsp3) is 0.400. The molecule has 0 heterocycles. The van der Waals surface area contributed by atoms with Gasteiger partial charge in [-0.25, -0.2) is 9.86 Å². The molecule has 1 aromatic rings. The Hall–Kier alpha value is -2.57. The van der Waals surface area contributed by atoms with Crippen LogP contribution in [-0.2, 0) is 19.2 Å². The molecule has 7 heteroatoms. The maximum absolute atomic E-state index is 12.2. The molecule has 0 unspecified atom stereocenters. The van der Waals surface area contributed by atoms with E-state index in [1.165, 1.54) is 18.9 Å². The molecule has 1 N–H and O–H groups in total. The number of hydrogen-bond acceptors (Lipinski definition) is 6. The topological polar surface area (TPSA) is 84.9 Å². The van der Waals surface area contributed by atoms with Gasteiger partial charge in [-0.2, -0.15) is 0 Å². The first-order valence-corrected chi connectivity index (χ1v) is 6.94. The average molecular weight is 308 g/mol. The summed E-state index contributed by atoms with van der Waals surface area (Å²) in [5, 5.41) is 3.86. The smallest absolute Gasteiger partial charge is 0.342 e. The van der Waals surface area contributed by atoms with Crippen molar-refractivity contribution in [3.8, 4) is 0 Å². The van der Waals surface area contributed by atoms with Crippen LogP contribution < -0.4 is 10.4 Å². The van der Waals surface area contributed by atoms with E-state index in [9.17, 15) is 14.4 Å². The normalized spacial score (nSPS) is 9.82. The van der Waals surface area contributed by atoms with Crippen LogP contribution in [0, 0.1) is 0 Å². The maximum atomic E-state index is 12.2. The lowest BCUT2D eigenvalue weighted by Crippen LogP contribution is -2.28. The van der Waals surface area contributed by atoms with Crippen molar-refractivity contribution in [3.05, 3.63) is 23.8 Å². The molecule has 0 spiro atoms. The van der Waals surface area contributed by atoms with Gasteiger partial charge in [0.15, 0.2) is 0 Å². The summed E-state index contributed by atoms with van der Waals surface area (Å²) >= 11 is 0. The lowest BCUT2D eigenvalue weighted by molar-refractivity contribution is -0.142. The molecule has 1 rings (SSSR count). The van der Waals surface area contributed by atoms with E-state index < -0.39 is 11.9 Å². The highest BCUT2D eigenvalue weighted by atomic mass is 16.7. The molecule has 0 aromatic heterocycles. The van der Waals surface area contributed by atoms with Crippen LogP contribution in [-0.4, -0.2) is 31.0 Å². The number of nitrogens with zero attached hydrogens (tertiary/aromatic N) is 1. The van der Waals surface area contributed by atoms with Gasteiger partial charge in [-0.05, 0) is 26.0 Å². The molecule has 120 valence electrons. The van der Waals surface area contributed by atoms with Gasteiger partial charge >= 0.3 is 11.9 Å². The van der Waals surface area contributed by atoms with Gasteiger partial charge in [-0.1, -0.05) is 6.07 Å². The fourth-order valence-electron chi connectivity index (χ4n) is 1.90. The average Bonchev–Trinajstić information content (AvgIpc) is 2.43. The van der Waals surface area contributed by atoms with Crippen molar-refractivity contribution in [2.75, 3.05) is 23.5 Å². The van der Waals surface area contributed by atoms with Gasteiger partial charge in [-0.15, -0.1) is 0 Å². The van der Waals surface area contributed by atoms with Crippen LogP contribution in [0.25, 0.3) is 0 Å². The van der Waals surface area contributed by atoms with Crippen molar-refractivity contribution in [1.82, 2.24) is 0 Å². The first-order valence-electron chi connectivity index (χ1n) is 6.94. The summed E-state index contributed by atoms with van der Waals surface area (Å²) in [6.45, 7) is 6.57. The van der Waals surface area contributed by atoms with Crippen LogP contribution in [0.4, 0.5) is 11.4 Å². The molecule has 0 aliphatic heterocycles. The highest BCUT2D eigenvalue weighted by molar-refractivity contribution is 6.05. The molecule has 0 bridgehead atoms. The lowest BCUT2D eigenvalue weighted by atomic mass is 10.1. The number of ether oxygens (including phenoxy) is 1. The third-order valence-corrected chi connectivity index (χ3v) is 2.63. The fourth-order valence-corrected chi connectivity index (χ4v) is 1.90. The van der Waals surface area contributed by atoms with Crippen molar-refractivity contribution >= 4 is 29.2 Å². The number of anilines is 2. The molecule has 0 aliphatic rings. The first kappa shape index (κ1) is 17.5. The van der Waals surface area contributed by atoms with E-state index in [1.54, 1.807) is 32.0 Å². The Labute approximate surface area is 129 Å². The minimum Gasteiger partial charge on any atom is -0.462 e. The van der Waals surface area contributed by atoms with E-state index >= 15 is 0 Å². The predicted molar refractivity (Wildman–Crippen MR) is 81.5 cm³/mol. The van der Waals surface area contributed by atoms with Crippen molar-refractivity contribution in [2.24, 2.45) is 0 Å². The highest BCUT2D eigenvalue weighted by Crippen LogP contribution is 2.29. The summed E-state index contributed by atoms with van der Waals surface area (Å²) in [4.78, 5) is 39.8. The molecule has 0 radical (unpaired) electrons.